The lowest BCUT2D eigenvalue weighted by molar-refractivity contribution is 0.0507. The second-order valence-corrected chi connectivity index (χ2v) is 8.54. The van der Waals surface area contributed by atoms with Crippen LogP contribution in [-0.2, 0) is 4.74 Å². The van der Waals surface area contributed by atoms with Crippen LogP contribution in [0.15, 0.2) is 29.3 Å². The third kappa shape index (κ3) is 7.20. The van der Waals surface area contributed by atoms with Crippen LogP contribution < -0.4 is 10.6 Å². The molecule has 2 N–H and O–H groups in total. The average Bonchev–Trinajstić information content (AvgIpc) is 3.04. The first-order valence-corrected chi connectivity index (χ1v) is 9.96. The van der Waals surface area contributed by atoms with E-state index >= 15 is 0 Å². The van der Waals surface area contributed by atoms with Crippen molar-refractivity contribution in [2.45, 2.75) is 44.9 Å². The lowest BCUT2D eigenvalue weighted by Crippen LogP contribution is -2.45. The van der Waals surface area contributed by atoms with E-state index in [0.29, 0.717) is 13.1 Å². The standard InChI is InChI=1S/C21H34FN5O2/c1-21(2,3)29-20(28)25-17-10-11-27(14-17)19(23-4)24-13-18(26(5)6)15-8-7-9-16(22)12-15/h7-9,12,17-18H,10-11,13-14H2,1-6H3,(H,23,24)(H,25,28). The first kappa shape index (κ1) is 22.9. The monoisotopic (exact) mass is 407 g/mol. The van der Waals surface area contributed by atoms with E-state index in [1.54, 1.807) is 19.2 Å². The summed E-state index contributed by atoms with van der Waals surface area (Å²) in [6.45, 7) is 7.57. The third-order valence-corrected chi connectivity index (χ3v) is 4.73. The molecule has 2 unspecified atom stereocenters. The van der Waals surface area contributed by atoms with Crippen molar-refractivity contribution in [2.75, 3.05) is 40.8 Å². The zero-order chi connectivity index (χ0) is 21.6. The molecule has 1 aliphatic rings. The summed E-state index contributed by atoms with van der Waals surface area (Å²) < 4.78 is 19.0. The molecule has 7 nitrogen and oxygen atoms in total. The van der Waals surface area contributed by atoms with Gasteiger partial charge in [-0.25, -0.2) is 9.18 Å². The van der Waals surface area contributed by atoms with Crippen molar-refractivity contribution in [3.63, 3.8) is 0 Å². The number of carbonyl (C=O) groups excluding carboxylic acids is 1. The Hall–Kier alpha value is -2.35. The van der Waals surface area contributed by atoms with Crippen molar-refractivity contribution >= 4 is 12.1 Å². The molecule has 0 spiro atoms. The van der Waals surface area contributed by atoms with Gasteiger partial charge in [-0.15, -0.1) is 0 Å². The van der Waals surface area contributed by atoms with Gasteiger partial charge in [-0.05, 0) is 59.0 Å². The Balaban J connectivity index is 1.92. The Morgan fingerprint density at radius 3 is 2.72 bits per heavy atom. The van der Waals surface area contributed by atoms with Gasteiger partial charge in [-0.2, -0.15) is 0 Å². The predicted octanol–water partition coefficient (Wildman–Crippen LogP) is 2.60. The number of ether oxygens (including phenoxy) is 1. The number of hydrogen-bond acceptors (Lipinski definition) is 4. The molecule has 0 saturated carbocycles. The number of nitrogens with one attached hydrogen (secondary N) is 2. The molecule has 1 heterocycles. The van der Waals surface area contributed by atoms with Gasteiger partial charge in [-0.1, -0.05) is 12.1 Å². The summed E-state index contributed by atoms with van der Waals surface area (Å²) in [6.07, 6.45) is 0.423. The minimum Gasteiger partial charge on any atom is -0.444 e. The highest BCUT2D eigenvalue weighted by atomic mass is 19.1. The molecule has 0 radical (unpaired) electrons. The predicted molar refractivity (Wildman–Crippen MR) is 114 cm³/mol. The molecular formula is C21H34FN5O2. The number of amides is 1. The van der Waals surface area contributed by atoms with E-state index in [1.807, 2.05) is 45.8 Å². The van der Waals surface area contributed by atoms with Crippen LogP contribution >= 0.6 is 0 Å². The van der Waals surface area contributed by atoms with Crippen molar-refractivity contribution in [3.05, 3.63) is 35.6 Å². The molecule has 2 atom stereocenters. The van der Waals surface area contributed by atoms with Crippen molar-refractivity contribution in [3.8, 4) is 0 Å². The molecule has 2 rings (SSSR count). The Labute approximate surface area is 173 Å². The second kappa shape index (κ2) is 9.91. The number of halogens is 1. The van der Waals surface area contributed by atoms with Crippen LogP contribution in [-0.4, -0.2) is 74.3 Å². The summed E-state index contributed by atoms with van der Waals surface area (Å²) in [4.78, 5) is 20.5. The third-order valence-electron chi connectivity index (χ3n) is 4.73. The largest absolute Gasteiger partial charge is 0.444 e. The van der Waals surface area contributed by atoms with E-state index in [-0.39, 0.29) is 17.9 Å². The molecule has 8 heteroatoms. The Kier molecular flexibility index (Phi) is 7.84. The quantitative estimate of drug-likeness (QED) is 0.580. The summed E-state index contributed by atoms with van der Waals surface area (Å²) in [5.74, 6) is 0.524. The minimum atomic E-state index is -0.516. The maximum atomic E-state index is 13.6. The molecule has 1 saturated heterocycles. The van der Waals surface area contributed by atoms with Crippen molar-refractivity contribution in [1.29, 1.82) is 0 Å². The van der Waals surface area contributed by atoms with Crippen LogP contribution in [0.3, 0.4) is 0 Å². The first-order chi connectivity index (χ1) is 13.6. The molecule has 0 bridgehead atoms. The van der Waals surface area contributed by atoms with Crippen LogP contribution in [0.5, 0.6) is 0 Å². The van der Waals surface area contributed by atoms with Crippen LogP contribution in [0.2, 0.25) is 0 Å². The normalized spacial score (nSPS) is 18.7. The van der Waals surface area contributed by atoms with Gasteiger partial charge in [-0.3, -0.25) is 4.99 Å². The van der Waals surface area contributed by atoms with E-state index in [4.69, 9.17) is 4.74 Å². The number of carbonyl (C=O) groups is 1. The highest BCUT2D eigenvalue weighted by Crippen LogP contribution is 2.19. The molecule has 29 heavy (non-hydrogen) atoms. The number of rotatable bonds is 5. The van der Waals surface area contributed by atoms with Crippen LogP contribution in [0.25, 0.3) is 0 Å². The zero-order valence-electron chi connectivity index (χ0n) is 18.3. The van der Waals surface area contributed by atoms with E-state index in [2.05, 4.69) is 20.5 Å². The zero-order valence-corrected chi connectivity index (χ0v) is 18.3. The summed E-state index contributed by atoms with van der Waals surface area (Å²) in [6, 6.07) is 6.67. The minimum absolute atomic E-state index is 0.000684. The van der Waals surface area contributed by atoms with Crippen molar-refractivity contribution in [2.24, 2.45) is 4.99 Å². The fourth-order valence-electron chi connectivity index (χ4n) is 3.38. The summed E-state index contributed by atoms with van der Waals surface area (Å²) in [5.41, 5.74) is 0.391. The number of guanidine groups is 1. The van der Waals surface area contributed by atoms with E-state index in [1.165, 1.54) is 6.07 Å². The van der Waals surface area contributed by atoms with E-state index < -0.39 is 11.7 Å². The average molecular weight is 408 g/mol. The van der Waals surface area contributed by atoms with Crippen LogP contribution in [0.4, 0.5) is 9.18 Å². The number of benzene rings is 1. The fraction of sp³-hybridized carbons (Fsp3) is 0.619. The van der Waals surface area contributed by atoms with Gasteiger partial charge in [0.25, 0.3) is 0 Å². The summed E-state index contributed by atoms with van der Waals surface area (Å²) >= 11 is 0. The Bertz CT molecular complexity index is 717. The number of alkyl carbamates (subject to hydrolysis) is 1. The molecule has 1 fully saturated rings. The van der Waals surface area contributed by atoms with Crippen molar-refractivity contribution < 1.29 is 13.9 Å². The maximum absolute atomic E-state index is 13.6. The number of nitrogens with zero attached hydrogens (tertiary/aromatic N) is 3. The molecule has 1 aliphatic heterocycles. The number of hydrogen-bond donors (Lipinski definition) is 2. The Morgan fingerprint density at radius 1 is 1.41 bits per heavy atom. The lowest BCUT2D eigenvalue weighted by atomic mass is 10.1. The van der Waals surface area contributed by atoms with E-state index in [0.717, 1.165) is 24.5 Å². The van der Waals surface area contributed by atoms with Gasteiger partial charge in [0.05, 0.1) is 12.1 Å². The van der Waals surface area contributed by atoms with Gasteiger partial charge in [0.2, 0.25) is 0 Å². The number of likely N-dealkylation sites (N-methyl/N-ethyl adjacent to an activating group) is 1. The molecule has 0 aliphatic carbocycles. The summed E-state index contributed by atoms with van der Waals surface area (Å²) in [5, 5.41) is 6.31. The second-order valence-electron chi connectivity index (χ2n) is 8.54. The topological polar surface area (TPSA) is 69.2 Å². The number of likely N-dealkylation sites (tertiary alicyclic amines) is 1. The van der Waals surface area contributed by atoms with E-state index in [9.17, 15) is 9.18 Å². The molecule has 1 amide bonds. The van der Waals surface area contributed by atoms with Gasteiger partial charge in [0.15, 0.2) is 5.96 Å². The summed E-state index contributed by atoms with van der Waals surface area (Å²) in [7, 11) is 5.68. The van der Waals surface area contributed by atoms with Crippen LogP contribution in [0, 0.1) is 5.82 Å². The van der Waals surface area contributed by atoms with Gasteiger partial charge in [0.1, 0.15) is 11.4 Å². The van der Waals surface area contributed by atoms with Gasteiger partial charge in [0, 0.05) is 26.7 Å². The fourth-order valence-corrected chi connectivity index (χ4v) is 3.38. The highest BCUT2D eigenvalue weighted by molar-refractivity contribution is 5.80. The van der Waals surface area contributed by atoms with Crippen LogP contribution in [0.1, 0.15) is 38.8 Å². The van der Waals surface area contributed by atoms with Gasteiger partial charge >= 0.3 is 6.09 Å². The lowest BCUT2D eigenvalue weighted by Gasteiger charge is -2.28. The van der Waals surface area contributed by atoms with Gasteiger partial charge < -0.3 is 25.2 Å². The smallest absolute Gasteiger partial charge is 0.407 e. The number of aliphatic imine (C=N–C) groups is 1. The maximum Gasteiger partial charge on any atom is 0.407 e. The van der Waals surface area contributed by atoms with Crippen molar-refractivity contribution in [1.82, 2.24) is 20.4 Å². The molecule has 1 aromatic rings. The molecule has 1 aromatic carbocycles. The SMILES string of the molecule is CN=C(NCC(c1cccc(F)c1)N(C)C)N1CCC(NC(=O)OC(C)(C)C)C1. The first-order valence-electron chi connectivity index (χ1n) is 9.96. The highest BCUT2D eigenvalue weighted by Gasteiger charge is 2.28. The Morgan fingerprint density at radius 2 is 2.14 bits per heavy atom. The molecule has 0 aromatic heterocycles. The molecular weight excluding hydrogens is 373 g/mol. The molecule has 162 valence electrons.